The van der Waals surface area contributed by atoms with Crippen molar-refractivity contribution < 1.29 is 14.3 Å². The molecule has 0 saturated carbocycles. The van der Waals surface area contributed by atoms with Gasteiger partial charge in [-0.2, -0.15) is 0 Å². The first-order valence-electron chi connectivity index (χ1n) is 3.51. The molecule has 0 bridgehead atoms. The molecule has 0 aromatic heterocycles. The summed E-state index contributed by atoms with van der Waals surface area (Å²) in [5.41, 5.74) is 4.86. The molecule has 0 aliphatic carbocycles. The van der Waals surface area contributed by atoms with Crippen LogP contribution < -0.4 is 11.1 Å². The summed E-state index contributed by atoms with van der Waals surface area (Å²) in [4.78, 5) is 10.3. The maximum absolute atomic E-state index is 10.3. The van der Waals surface area contributed by atoms with Crippen LogP contribution in [0.2, 0.25) is 0 Å². The zero-order valence-electron chi connectivity index (χ0n) is 6.21. The van der Waals surface area contributed by atoms with E-state index >= 15 is 0 Å². The molecule has 1 rings (SSSR count). The van der Waals surface area contributed by atoms with Crippen molar-refractivity contribution >= 4 is 6.03 Å². The molecule has 1 aliphatic rings. The fourth-order valence-electron chi connectivity index (χ4n) is 0.869. The van der Waals surface area contributed by atoms with E-state index in [4.69, 9.17) is 15.2 Å². The molecule has 5 nitrogen and oxygen atoms in total. The summed E-state index contributed by atoms with van der Waals surface area (Å²) < 4.78 is 10.3. The molecule has 5 heteroatoms. The zero-order valence-corrected chi connectivity index (χ0v) is 6.21. The molecule has 0 unspecified atom stereocenters. The summed E-state index contributed by atoms with van der Waals surface area (Å²) in [6.07, 6.45) is -0.0451. The number of carbonyl (C=O) groups is 1. The van der Waals surface area contributed by atoms with E-state index < -0.39 is 6.03 Å². The van der Waals surface area contributed by atoms with Gasteiger partial charge in [0, 0.05) is 6.54 Å². The number of rotatable bonds is 2. The van der Waals surface area contributed by atoms with Gasteiger partial charge in [0.05, 0.1) is 25.9 Å². The molecule has 0 spiro atoms. The van der Waals surface area contributed by atoms with Gasteiger partial charge in [0.2, 0.25) is 0 Å². The second-order valence-electron chi connectivity index (χ2n) is 2.31. The highest BCUT2D eigenvalue weighted by Crippen LogP contribution is 1.98. The summed E-state index contributed by atoms with van der Waals surface area (Å²) in [6.45, 7) is 2.17. The fourth-order valence-corrected chi connectivity index (χ4v) is 0.869. The molecule has 1 fully saturated rings. The van der Waals surface area contributed by atoms with Crippen molar-refractivity contribution in [1.29, 1.82) is 0 Å². The van der Waals surface area contributed by atoms with Gasteiger partial charge in [0.1, 0.15) is 0 Å². The van der Waals surface area contributed by atoms with Crippen LogP contribution in [-0.2, 0) is 9.47 Å². The summed E-state index contributed by atoms with van der Waals surface area (Å²) in [5.74, 6) is 0. The predicted octanol–water partition coefficient (Wildman–Crippen LogP) is -0.930. The number of carbonyl (C=O) groups excluding carboxylic acids is 1. The van der Waals surface area contributed by atoms with Crippen LogP contribution in [0.25, 0.3) is 0 Å². The number of urea groups is 1. The lowest BCUT2D eigenvalue weighted by Gasteiger charge is -2.22. The van der Waals surface area contributed by atoms with E-state index in [1.165, 1.54) is 0 Å². The summed E-state index contributed by atoms with van der Waals surface area (Å²) in [5, 5.41) is 2.45. The van der Waals surface area contributed by atoms with Gasteiger partial charge in [-0.3, -0.25) is 0 Å². The lowest BCUT2D eigenvalue weighted by Crippen LogP contribution is -2.41. The largest absolute Gasteiger partial charge is 0.376 e. The number of hydrogen-bond donors (Lipinski definition) is 2. The van der Waals surface area contributed by atoms with E-state index in [0.717, 1.165) is 0 Å². The third-order valence-corrected chi connectivity index (χ3v) is 1.39. The first-order valence-corrected chi connectivity index (χ1v) is 3.51. The Morgan fingerprint density at radius 1 is 1.64 bits per heavy atom. The number of primary amides is 1. The van der Waals surface area contributed by atoms with Gasteiger partial charge in [-0.05, 0) is 0 Å². The van der Waals surface area contributed by atoms with Crippen molar-refractivity contribution in [1.82, 2.24) is 5.32 Å². The summed E-state index contributed by atoms with van der Waals surface area (Å²) >= 11 is 0. The third-order valence-electron chi connectivity index (χ3n) is 1.39. The Balaban J connectivity index is 2.09. The lowest BCUT2D eigenvalue weighted by molar-refractivity contribution is -0.0853. The number of ether oxygens (including phenoxy) is 2. The van der Waals surface area contributed by atoms with Crippen molar-refractivity contribution in [3.05, 3.63) is 0 Å². The number of nitrogens with two attached hydrogens (primary N) is 1. The van der Waals surface area contributed by atoms with E-state index in [9.17, 15) is 4.79 Å². The quantitative estimate of drug-likeness (QED) is 0.548. The van der Waals surface area contributed by atoms with Crippen molar-refractivity contribution in [2.45, 2.75) is 6.10 Å². The normalized spacial score (nSPS) is 24.5. The Morgan fingerprint density at radius 2 is 2.45 bits per heavy atom. The third kappa shape index (κ3) is 3.20. The molecule has 0 aromatic carbocycles. The van der Waals surface area contributed by atoms with Crippen LogP contribution in [0.15, 0.2) is 0 Å². The molecular formula is C6H12N2O3. The van der Waals surface area contributed by atoms with Crippen LogP contribution in [0.5, 0.6) is 0 Å². The molecule has 64 valence electrons. The van der Waals surface area contributed by atoms with E-state index in [1.54, 1.807) is 0 Å². The fraction of sp³-hybridized carbons (Fsp3) is 0.833. The molecule has 1 saturated heterocycles. The standard InChI is InChI=1S/C6H12N2O3/c7-6(9)8-3-5-4-10-1-2-11-5/h5H,1-4H2,(H3,7,8,9)/t5-/m1/s1. The van der Waals surface area contributed by atoms with Crippen LogP contribution in [0.1, 0.15) is 0 Å². The molecule has 3 N–H and O–H groups in total. The Labute approximate surface area is 64.8 Å². The first kappa shape index (κ1) is 8.29. The van der Waals surface area contributed by atoms with E-state index in [1.807, 2.05) is 0 Å². The topological polar surface area (TPSA) is 73.6 Å². The monoisotopic (exact) mass is 160 g/mol. The van der Waals surface area contributed by atoms with Crippen LogP contribution in [-0.4, -0.2) is 38.5 Å². The molecule has 11 heavy (non-hydrogen) atoms. The smallest absolute Gasteiger partial charge is 0.312 e. The predicted molar refractivity (Wildman–Crippen MR) is 38.1 cm³/mol. The molecule has 0 aromatic rings. The van der Waals surface area contributed by atoms with Gasteiger partial charge in [-0.25, -0.2) is 4.79 Å². The van der Waals surface area contributed by atoms with E-state index in [2.05, 4.69) is 5.32 Å². The average molecular weight is 160 g/mol. The highest BCUT2D eigenvalue weighted by atomic mass is 16.6. The Kier molecular flexibility index (Phi) is 3.13. The minimum Gasteiger partial charge on any atom is -0.376 e. The van der Waals surface area contributed by atoms with Crippen molar-refractivity contribution in [2.75, 3.05) is 26.4 Å². The van der Waals surface area contributed by atoms with Crippen molar-refractivity contribution in [3.8, 4) is 0 Å². The second-order valence-corrected chi connectivity index (χ2v) is 2.31. The Bertz CT molecular complexity index is 134. The van der Waals surface area contributed by atoms with Crippen LogP contribution in [0, 0.1) is 0 Å². The Hall–Kier alpha value is -0.810. The summed E-state index contributed by atoms with van der Waals surface area (Å²) in [7, 11) is 0. The second kappa shape index (κ2) is 4.15. The van der Waals surface area contributed by atoms with Gasteiger partial charge in [0.25, 0.3) is 0 Å². The van der Waals surface area contributed by atoms with Crippen LogP contribution in [0.3, 0.4) is 0 Å². The van der Waals surface area contributed by atoms with Gasteiger partial charge in [-0.15, -0.1) is 0 Å². The number of hydrogen-bond acceptors (Lipinski definition) is 3. The van der Waals surface area contributed by atoms with Gasteiger partial charge in [-0.1, -0.05) is 0 Å². The molecule has 0 radical (unpaired) electrons. The van der Waals surface area contributed by atoms with Crippen LogP contribution >= 0.6 is 0 Å². The van der Waals surface area contributed by atoms with E-state index in [-0.39, 0.29) is 6.10 Å². The van der Waals surface area contributed by atoms with Gasteiger partial charge >= 0.3 is 6.03 Å². The Morgan fingerprint density at radius 3 is 3.00 bits per heavy atom. The maximum Gasteiger partial charge on any atom is 0.312 e. The average Bonchev–Trinajstić information content (AvgIpc) is 2.03. The highest BCUT2D eigenvalue weighted by Gasteiger charge is 2.13. The number of amides is 2. The van der Waals surface area contributed by atoms with Crippen molar-refractivity contribution in [3.63, 3.8) is 0 Å². The molecule has 1 heterocycles. The first-order chi connectivity index (χ1) is 5.29. The lowest BCUT2D eigenvalue weighted by atomic mass is 10.3. The maximum atomic E-state index is 10.3. The van der Waals surface area contributed by atoms with E-state index in [0.29, 0.717) is 26.4 Å². The zero-order chi connectivity index (χ0) is 8.10. The molecule has 2 amide bonds. The minimum absolute atomic E-state index is 0.0451. The highest BCUT2D eigenvalue weighted by molar-refractivity contribution is 5.71. The minimum atomic E-state index is -0.529. The molecule has 1 aliphatic heterocycles. The summed E-state index contributed by atoms with van der Waals surface area (Å²) in [6, 6.07) is -0.529. The van der Waals surface area contributed by atoms with Crippen molar-refractivity contribution in [2.24, 2.45) is 5.73 Å². The number of nitrogens with one attached hydrogen (secondary N) is 1. The van der Waals surface area contributed by atoms with Crippen LogP contribution in [0.4, 0.5) is 4.79 Å². The molecule has 1 atom stereocenters. The van der Waals surface area contributed by atoms with Gasteiger partial charge in [0.15, 0.2) is 0 Å². The molecular weight excluding hydrogens is 148 g/mol. The SMILES string of the molecule is NC(=O)NC[C@@H]1COCCO1. The van der Waals surface area contributed by atoms with Gasteiger partial charge < -0.3 is 20.5 Å².